The molecule has 0 bridgehead atoms. The highest BCUT2D eigenvalue weighted by Gasteiger charge is 2.23. The van der Waals surface area contributed by atoms with E-state index in [0.717, 1.165) is 11.3 Å². The topological polar surface area (TPSA) is 89.5 Å². The highest BCUT2D eigenvalue weighted by molar-refractivity contribution is 7.13. The Labute approximate surface area is 122 Å². The van der Waals surface area contributed by atoms with E-state index < -0.39 is 4.92 Å². The third-order valence-electron chi connectivity index (χ3n) is 2.58. The van der Waals surface area contributed by atoms with Crippen LogP contribution in [0.2, 0.25) is 0 Å². The van der Waals surface area contributed by atoms with Gasteiger partial charge in [0.15, 0.2) is 0 Å². The minimum atomic E-state index is -0.495. The molecule has 0 radical (unpaired) electrons. The molecule has 0 aliphatic heterocycles. The molecule has 0 aliphatic carbocycles. The lowest BCUT2D eigenvalue weighted by Gasteiger charge is -2.28. The zero-order valence-corrected chi connectivity index (χ0v) is 12.7. The van der Waals surface area contributed by atoms with Gasteiger partial charge in [0.25, 0.3) is 5.91 Å². The molecule has 1 aromatic rings. The van der Waals surface area contributed by atoms with Crippen molar-refractivity contribution in [2.24, 2.45) is 11.1 Å². The third-order valence-corrected chi connectivity index (χ3v) is 3.46. The second-order valence-electron chi connectivity index (χ2n) is 4.96. The van der Waals surface area contributed by atoms with Crippen molar-refractivity contribution in [1.82, 2.24) is 4.90 Å². The van der Waals surface area contributed by atoms with Crippen LogP contribution in [0.25, 0.3) is 0 Å². The van der Waals surface area contributed by atoms with E-state index in [2.05, 4.69) is 0 Å². The molecule has 108 valence electrons. The Morgan fingerprint density at radius 1 is 1.58 bits per heavy atom. The Bertz CT molecular complexity index is 462. The van der Waals surface area contributed by atoms with Crippen LogP contribution in [-0.4, -0.2) is 35.9 Å². The molecule has 0 spiro atoms. The van der Waals surface area contributed by atoms with Crippen LogP contribution in [0.4, 0.5) is 5.00 Å². The Balaban J connectivity index is 0.00000324. The van der Waals surface area contributed by atoms with Gasteiger partial charge in [0.2, 0.25) is 0 Å². The predicted molar refractivity (Wildman–Crippen MR) is 78.0 cm³/mol. The van der Waals surface area contributed by atoms with Gasteiger partial charge in [-0.1, -0.05) is 25.2 Å². The third kappa shape index (κ3) is 4.77. The zero-order valence-electron chi connectivity index (χ0n) is 11.1. The van der Waals surface area contributed by atoms with Crippen LogP contribution in [0.1, 0.15) is 24.2 Å². The fourth-order valence-corrected chi connectivity index (χ4v) is 2.23. The van der Waals surface area contributed by atoms with Crippen molar-refractivity contribution < 1.29 is 9.72 Å². The highest BCUT2D eigenvalue weighted by atomic mass is 35.5. The standard InChI is InChI=1S/C11H17N3O3S.ClH/c1-11(2,6-12)7-13(3)10(15)8-4-9(14(16)17)18-5-8;/h4-5H,6-7,12H2,1-3H3;1H. The molecule has 1 amide bonds. The molecular formula is C11H18ClN3O3S. The van der Waals surface area contributed by atoms with E-state index in [1.165, 1.54) is 11.4 Å². The summed E-state index contributed by atoms with van der Waals surface area (Å²) in [6.45, 7) is 4.90. The normalized spacial score (nSPS) is 10.7. The molecular weight excluding hydrogens is 290 g/mol. The summed E-state index contributed by atoms with van der Waals surface area (Å²) < 4.78 is 0. The summed E-state index contributed by atoms with van der Waals surface area (Å²) in [6, 6.07) is 1.30. The summed E-state index contributed by atoms with van der Waals surface area (Å²) in [6.07, 6.45) is 0. The van der Waals surface area contributed by atoms with Gasteiger partial charge in [-0.3, -0.25) is 14.9 Å². The molecule has 0 unspecified atom stereocenters. The van der Waals surface area contributed by atoms with E-state index in [-0.39, 0.29) is 28.7 Å². The SMILES string of the molecule is CN(CC(C)(C)CN)C(=O)c1csc([N+](=O)[O-])c1.Cl. The lowest BCUT2D eigenvalue weighted by Crippen LogP contribution is -2.39. The Hall–Kier alpha value is -1.18. The van der Waals surface area contributed by atoms with Gasteiger partial charge in [0, 0.05) is 25.0 Å². The van der Waals surface area contributed by atoms with Gasteiger partial charge in [-0.05, 0) is 12.0 Å². The van der Waals surface area contributed by atoms with Crippen molar-refractivity contribution in [1.29, 1.82) is 0 Å². The number of nitro groups is 1. The van der Waals surface area contributed by atoms with Crippen molar-refractivity contribution in [3.8, 4) is 0 Å². The van der Waals surface area contributed by atoms with Crippen LogP contribution < -0.4 is 5.73 Å². The van der Waals surface area contributed by atoms with E-state index in [1.807, 2.05) is 13.8 Å². The number of nitrogens with zero attached hydrogens (tertiary/aromatic N) is 2. The number of nitrogens with two attached hydrogens (primary N) is 1. The van der Waals surface area contributed by atoms with E-state index in [1.54, 1.807) is 11.9 Å². The fourth-order valence-electron chi connectivity index (χ4n) is 1.53. The van der Waals surface area contributed by atoms with E-state index in [4.69, 9.17) is 5.73 Å². The van der Waals surface area contributed by atoms with Crippen molar-refractivity contribution in [3.05, 3.63) is 27.1 Å². The van der Waals surface area contributed by atoms with Crippen molar-refractivity contribution in [3.63, 3.8) is 0 Å². The lowest BCUT2D eigenvalue weighted by molar-refractivity contribution is -0.380. The second kappa shape index (κ2) is 6.83. The van der Waals surface area contributed by atoms with Crippen LogP contribution >= 0.6 is 23.7 Å². The Kier molecular flexibility index (Phi) is 6.41. The first-order chi connectivity index (χ1) is 8.26. The smallest absolute Gasteiger partial charge is 0.324 e. The van der Waals surface area contributed by atoms with Gasteiger partial charge in [0.05, 0.1) is 10.5 Å². The van der Waals surface area contributed by atoms with Crippen LogP contribution in [-0.2, 0) is 0 Å². The van der Waals surface area contributed by atoms with Crippen molar-refractivity contribution in [2.45, 2.75) is 13.8 Å². The van der Waals surface area contributed by atoms with Gasteiger partial charge in [0.1, 0.15) is 0 Å². The molecule has 19 heavy (non-hydrogen) atoms. The van der Waals surface area contributed by atoms with Crippen molar-refractivity contribution in [2.75, 3.05) is 20.1 Å². The monoisotopic (exact) mass is 307 g/mol. The van der Waals surface area contributed by atoms with Gasteiger partial charge in [-0.25, -0.2) is 0 Å². The molecule has 0 fully saturated rings. The minimum Gasteiger partial charge on any atom is -0.341 e. The highest BCUT2D eigenvalue weighted by Crippen LogP contribution is 2.24. The van der Waals surface area contributed by atoms with Gasteiger partial charge in [-0.2, -0.15) is 0 Å². The molecule has 0 aromatic carbocycles. The van der Waals surface area contributed by atoms with E-state index in [9.17, 15) is 14.9 Å². The molecule has 1 heterocycles. The summed E-state index contributed by atoms with van der Waals surface area (Å²) in [5, 5.41) is 12.0. The largest absolute Gasteiger partial charge is 0.341 e. The van der Waals surface area contributed by atoms with Crippen molar-refractivity contribution >= 4 is 34.7 Å². The summed E-state index contributed by atoms with van der Waals surface area (Å²) in [4.78, 5) is 23.6. The molecule has 1 rings (SSSR count). The van der Waals surface area contributed by atoms with Crippen LogP contribution in [0.15, 0.2) is 11.4 Å². The Morgan fingerprint density at radius 3 is 2.58 bits per heavy atom. The number of carbonyl (C=O) groups excluding carboxylic acids is 1. The first kappa shape index (κ1) is 17.8. The maximum Gasteiger partial charge on any atom is 0.324 e. The maximum atomic E-state index is 12.0. The Morgan fingerprint density at radius 2 is 2.16 bits per heavy atom. The predicted octanol–water partition coefficient (Wildman–Crippen LogP) is 2.14. The molecule has 8 heteroatoms. The average Bonchev–Trinajstić information content (AvgIpc) is 2.76. The second-order valence-corrected chi connectivity index (χ2v) is 5.85. The van der Waals surface area contributed by atoms with Gasteiger partial charge in [-0.15, -0.1) is 12.4 Å². The summed E-state index contributed by atoms with van der Waals surface area (Å²) in [7, 11) is 1.67. The molecule has 6 nitrogen and oxygen atoms in total. The van der Waals surface area contributed by atoms with Crippen LogP contribution in [0.3, 0.4) is 0 Å². The fraction of sp³-hybridized carbons (Fsp3) is 0.545. The summed E-state index contributed by atoms with van der Waals surface area (Å²) >= 11 is 0.956. The van der Waals surface area contributed by atoms with Gasteiger partial charge >= 0.3 is 5.00 Å². The molecule has 0 aliphatic rings. The minimum absolute atomic E-state index is 0. The van der Waals surface area contributed by atoms with E-state index >= 15 is 0 Å². The maximum absolute atomic E-state index is 12.0. The number of thiophene rings is 1. The number of halogens is 1. The number of hydrogen-bond donors (Lipinski definition) is 1. The summed E-state index contributed by atoms with van der Waals surface area (Å²) in [5.74, 6) is -0.221. The number of carbonyl (C=O) groups is 1. The van der Waals surface area contributed by atoms with E-state index in [0.29, 0.717) is 18.7 Å². The first-order valence-corrected chi connectivity index (χ1v) is 6.33. The zero-order chi connectivity index (χ0) is 13.9. The van der Waals surface area contributed by atoms with Crippen LogP contribution in [0.5, 0.6) is 0 Å². The lowest BCUT2D eigenvalue weighted by atomic mass is 9.93. The first-order valence-electron chi connectivity index (χ1n) is 5.45. The molecule has 0 saturated carbocycles. The summed E-state index contributed by atoms with van der Waals surface area (Å²) in [5.41, 5.74) is 5.79. The molecule has 1 aromatic heterocycles. The van der Waals surface area contributed by atoms with Crippen LogP contribution in [0, 0.1) is 15.5 Å². The molecule has 0 atom stereocenters. The quantitative estimate of drug-likeness (QED) is 0.666. The molecule has 2 N–H and O–H groups in total. The van der Waals surface area contributed by atoms with Gasteiger partial charge < -0.3 is 10.6 Å². The number of hydrogen-bond acceptors (Lipinski definition) is 5. The average molecular weight is 308 g/mol. The molecule has 0 saturated heterocycles. The number of rotatable bonds is 5. The number of amides is 1.